The minimum atomic E-state index is -0.339. The van der Waals surface area contributed by atoms with Crippen molar-refractivity contribution >= 4 is 22.6 Å². The van der Waals surface area contributed by atoms with Gasteiger partial charge in [-0.3, -0.25) is 9.69 Å². The number of piperazine rings is 1. The van der Waals surface area contributed by atoms with Crippen LogP contribution >= 0.6 is 0 Å². The molecule has 1 aromatic carbocycles. The van der Waals surface area contributed by atoms with Gasteiger partial charge in [-0.15, -0.1) is 0 Å². The van der Waals surface area contributed by atoms with E-state index in [0.29, 0.717) is 43.6 Å². The summed E-state index contributed by atoms with van der Waals surface area (Å²) in [6, 6.07) is 4.92. The largest absolute Gasteiger partial charge is 0.352 e. The number of anilines is 1. The minimum Gasteiger partial charge on any atom is -0.352 e. The minimum absolute atomic E-state index is 0.168. The van der Waals surface area contributed by atoms with E-state index < -0.39 is 0 Å². The highest BCUT2D eigenvalue weighted by molar-refractivity contribution is 5.89. The molecule has 6 nitrogen and oxygen atoms in total. The molecule has 0 unspecified atom stereocenters. The van der Waals surface area contributed by atoms with Gasteiger partial charge in [-0.1, -0.05) is 19.9 Å². The zero-order valence-corrected chi connectivity index (χ0v) is 14.8. The molecule has 2 aromatic rings. The van der Waals surface area contributed by atoms with Crippen molar-refractivity contribution in [1.29, 1.82) is 0 Å². The molecule has 0 N–H and O–H groups in total. The zero-order chi connectivity index (χ0) is 17.8. The number of carbonyl (C=O) groups excluding carboxylic acids is 1. The Morgan fingerprint density at radius 1 is 1.16 bits per heavy atom. The van der Waals surface area contributed by atoms with E-state index >= 15 is 0 Å². The molecule has 0 aliphatic carbocycles. The lowest BCUT2D eigenvalue weighted by Crippen LogP contribution is -2.51. The molecule has 0 atom stereocenters. The van der Waals surface area contributed by atoms with Gasteiger partial charge in [0.15, 0.2) is 0 Å². The first-order valence-electron chi connectivity index (χ1n) is 8.78. The van der Waals surface area contributed by atoms with Gasteiger partial charge in [0.25, 0.3) is 0 Å². The molecule has 0 bridgehead atoms. The fraction of sp³-hybridized carbons (Fsp3) is 0.500. The number of hydrogen-bond acceptors (Lipinski definition) is 5. The van der Waals surface area contributed by atoms with Gasteiger partial charge in [0.1, 0.15) is 23.5 Å². The van der Waals surface area contributed by atoms with Gasteiger partial charge in [0, 0.05) is 31.6 Å². The predicted octanol–water partition coefficient (Wildman–Crippen LogP) is 1.76. The Kier molecular flexibility index (Phi) is 5.43. The Balaban J connectivity index is 1.69. The van der Waals surface area contributed by atoms with Crippen LogP contribution in [-0.4, -0.2) is 71.5 Å². The first-order chi connectivity index (χ1) is 12.1. The maximum absolute atomic E-state index is 13.9. The van der Waals surface area contributed by atoms with Gasteiger partial charge < -0.3 is 9.80 Å². The summed E-state index contributed by atoms with van der Waals surface area (Å²) in [5.74, 6) is 0.566. The number of fused-ring (bicyclic) bond motifs is 1. The normalized spacial score (nSPS) is 15.2. The van der Waals surface area contributed by atoms with Gasteiger partial charge in [-0.25, -0.2) is 14.4 Å². The van der Waals surface area contributed by atoms with Crippen molar-refractivity contribution in [3.8, 4) is 0 Å². The molecule has 1 amide bonds. The second kappa shape index (κ2) is 7.74. The Bertz CT molecular complexity index is 741. The first-order valence-corrected chi connectivity index (χ1v) is 8.78. The second-order valence-electron chi connectivity index (χ2n) is 6.16. The van der Waals surface area contributed by atoms with E-state index in [1.165, 1.54) is 12.4 Å². The quantitative estimate of drug-likeness (QED) is 0.826. The number of nitrogens with zero attached hydrogens (tertiary/aromatic N) is 5. The van der Waals surface area contributed by atoms with Crippen LogP contribution in [0.3, 0.4) is 0 Å². The van der Waals surface area contributed by atoms with Gasteiger partial charge in [0.05, 0.1) is 6.54 Å². The Labute approximate surface area is 147 Å². The summed E-state index contributed by atoms with van der Waals surface area (Å²) in [5.41, 5.74) is 0.340. The number of amides is 1. The molecule has 1 fully saturated rings. The van der Waals surface area contributed by atoms with Crippen LogP contribution in [0.5, 0.6) is 0 Å². The van der Waals surface area contributed by atoms with E-state index in [9.17, 15) is 9.18 Å². The van der Waals surface area contributed by atoms with Crippen LogP contribution in [-0.2, 0) is 4.79 Å². The molecule has 3 rings (SSSR count). The summed E-state index contributed by atoms with van der Waals surface area (Å²) >= 11 is 0. The number of aromatic nitrogens is 2. The molecule has 7 heteroatoms. The number of rotatable bonds is 5. The van der Waals surface area contributed by atoms with Crippen molar-refractivity contribution in [1.82, 2.24) is 19.8 Å². The third-order valence-electron chi connectivity index (χ3n) is 4.78. The van der Waals surface area contributed by atoms with Crippen molar-refractivity contribution in [2.45, 2.75) is 13.8 Å². The van der Waals surface area contributed by atoms with Crippen molar-refractivity contribution < 1.29 is 9.18 Å². The van der Waals surface area contributed by atoms with Crippen molar-refractivity contribution in [3.05, 3.63) is 30.3 Å². The van der Waals surface area contributed by atoms with Crippen LogP contribution in [0.2, 0.25) is 0 Å². The summed E-state index contributed by atoms with van der Waals surface area (Å²) in [6.07, 6.45) is 1.40. The fourth-order valence-corrected chi connectivity index (χ4v) is 3.20. The molecule has 0 spiro atoms. The number of benzene rings is 1. The highest BCUT2D eigenvalue weighted by Gasteiger charge is 2.24. The van der Waals surface area contributed by atoms with Crippen molar-refractivity contribution in [2.75, 3.05) is 50.7 Å². The van der Waals surface area contributed by atoms with Gasteiger partial charge in [-0.2, -0.15) is 0 Å². The van der Waals surface area contributed by atoms with Crippen LogP contribution in [0.25, 0.3) is 10.9 Å². The Morgan fingerprint density at radius 3 is 2.56 bits per heavy atom. The predicted molar refractivity (Wildman–Crippen MR) is 96.1 cm³/mol. The summed E-state index contributed by atoms with van der Waals surface area (Å²) in [6.45, 7) is 9.03. The molecular formula is C18H24FN5O. The second-order valence-corrected chi connectivity index (χ2v) is 6.16. The molecule has 0 saturated carbocycles. The van der Waals surface area contributed by atoms with Crippen LogP contribution in [0.4, 0.5) is 10.2 Å². The standard InChI is InChI=1S/C18H24FN5O/c1-3-22(4-2)12-16(25)23-8-10-24(11-9-23)18-14-6-5-7-15(19)17(14)20-13-21-18/h5-7,13H,3-4,8-12H2,1-2H3. The molecule has 2 heterocycles. The topological polar surface area (TPSA) is 52.6 Å². The van der Waals surface area contributed by atoms with Gasteiger partial charge in [-0.05, 0) is 25.2 Å². The van der Waals surface area contributed by atoms with Crippen LogP contribution < -0.4 is 4.90 Å². The lowest BCUT2D eigenvalue weighted by Gasteiger charge is -2.36. The van der Waals surface area contributed by atoms with E-state index in [2.05, 4.69) is 33.6 Å². The average Bonchev–Trinajstić information content (AvgIpc) is 2.66. The smallest absolute Gasteiger partial charge is 0.236 e. The lowest BCUT2D eigenvalue weighted by molar-refractivity contribution is -0.132. The van der Waals surface area contributed by atoms with Gasteiger partial charge in [0.2, 0.25) is 5.91 Å². The molecular weight excluding hydrogens is 321 g/mol. The van der Waals surface area contributed by atoms with E-state index in [1.807, 2.05) is 11.0 Å². The number of carbonyl (C=O) groups is 1. The van der Waals surface area contributed by atoms with Crippen LogP contribution in [0.15, 0.2) is 24.5 Å². The summed E-state index contributed by atoms with van der Waals surface area (Å²) < 4.78 is 13.9. The SMILES string of the molecule is CCN(CC)CC(=O)N1CCN(c2ncnc3c(F)cccc23)CC1. The van der Waals surface area contributed by atoms with Crippen molar-refractivity contribution in [3.63, 3.8) is 0 Å². The number of likely N-dealkylation sites (N-methyl/N-ethyl adjacent to an activating group) is 1. The van der Waals surface area contributed by atoms with Gasteiger partial charge >= 0.3 is 0 Å². The maximum Gasteiger partial charge on any atom is 0.236 e. The third kappa shape index (κ3) is 3.71. The highest BCUT2D eigenvalue weighted by atomic mass is 19.1. The summed E-state index contributed by atoms with van der Waals surface area (Å²) in [5, 5.41) is 0.713. The molecule has 25 heavy (non-hydrogen) atoms. The van der Waals surface area contributed by atoms with E-state index in [4.69, 9.17) is 0 Å². The highest BCUT2D eigenvalue weighted by Crippen LogP contribution is 2.25. The van der Waals surface area contributed by atoms with Crippen LogP contribution in [0, 0.1) is 5.82 Å². The van der Waals surface area contributed by atoms with E-state index in [1.54, 1.807) is 6.07 Å². The summed E-state index contributed by atoms with van der Waals surface area (Å²) in [7, 11) is 0. The van der Waals surface area contributed by atoms with Crippen molar-refractivity contribution in [2.24, 2.45) is 0 Å². The number of halogens is 1. The molecule has 1 aromatic heterocycles. The third-order valence-corrected chi connectivity index (χ3v) is 4.78. The average molecular weight is 345 g/mol. The zero-order valence-electron chi connectivity index (χ0n) is 14.8. The molecule has 0 radical (unpaired) electrons. The number of hydrogen-bond donors (Lipinski definition) is 0. The summed E-state index contributed by atoms with van der Waals surface area (Å²) in [4.78, 5) is 26.9. The lowest BCUT2D eigenvalue weighted by atomic mass is 10.2. The Hall–Kier alpha value is -2.28. The monoisotopic (exact) mass is 345 g/mol. The van der Waals surface area contributed by atoms with E-state index in [-0.39, 0.29) is 11.7 Å². The number of para-hydroxylation sites is 1. The van der Waals surface area contributed by atoms with Crippen LogP contribution in [0.1, 0.15) is 13.8 Å². The Morgan fingerprint density at radius 2 is 1.88 bits per heavy atom. The maximum atomic E-state index is 13.9. The molecule has 1 aliphatic heterocycles. The fourth-order valence-electron chi connectivity index (χ4n) is 3.20. The molecule has 1 aliphatic rings. The molecule has 134 valence electrons. The first kappa shape index (κ1) is 17.5. The molecule has 1 saturated heterocycles. The van der Waals surface area contributed by atoms with E-state index in [0.717, 1.165) is 18.9 Å².